The molecule has 0 spiro atoms. The molecule has 5 nitrogen and oxygen atoms in total. The number of likely N-dealkylation sites (tertiary alicyclic amines) is 1. The number of aryl methyl sites for hydroxylation is 1. The highest BCUT2D eigenvalue weighted by atomic mass is 16.1. The molecular weight excluding hydrogens is 516 g/mol. The van der Waals surface area contributed by atoms with Crippen molar-refractivity contribution >= 4 is 11.4 Å². The minimum absolute atomic E-state index is 0.0872. The van der Waals surface area contributed by atoms with E-state index in [0.717, 1.165) is 47.8 Å². The molecule has 0 aromatic carbocycles. The minimum atomic E-state index is -0.0872. The fourth-order valence-corrected chi connectivity index (χ4v) is 4.42. The van der Waals surface area contributed by atoms with E-state index in [2.05, 4.69) is 76.1 Å². The molecule has 1 saturated heterocycles. The molecule has 3 heterocycles. The van der Waals surface area contributed by atoms with Crippen molar-refractivity contribution in [1.82, 2.24) is 14.3 Å². The van der Waals surface area contributed by atoms with Crippen LogP contribution in [0.1, 0.15) is 112 Å². The van der Waals surface area contributed by atoms with E-state index in [1.807, 2.05) is 38.3 Å². The number of fused-ring (bicyclic) bond motifs is 1. The number of unbranched alkanes of at least 4 members (excludes halogenated alkanes) is 2. The van der Waals surface area contributed by atoms with Crippen molar-refractivity contribution in [3.63, 3.8) is 0 Å². The van der Waals surface area contributed by atoms with Gasteiger partial charge in [0.15, 0.2) is 0 Å². The standard InChI is InChI=1S/C20H25N3O.C10H20.C7H15N/c1-6-7-8-16-9-10-19-22-18(12-20(24)23(19)13-16)17(21-5)11-15(4)14(2)3;1-5-7-8-10(4)9(3)6-2;1-7-3-5-8(2)6-4-7/h9-13H,2,6-8H2,1,3-5H3;8-9H,5-7H2,1-4H3;7H,3-6H2,1-2H3/b15-11+,21-17?;10-8-;. The van der Waals surface area contributed by atoms with Crippen LogP contribution in [0.4, 0.5) is 0 Å². The van der Waals surface area contributed by atoms with E-state index in [0.29, 0.717) is 17.1 Å². The number of hydrogen-bond donors (Lipinski definition) is 0. The van der Waals surface area contributed by atoms with Crippen LogP contribution in [0.25, 0.3) is 5.65 Å². The van der Waals surface area contributed by atoms with Crippen LogP contribution in [0.3, 0.4) is 0 Å². The Balaban J connectivity index is 0.000000400. The summed E-state index contributed by atoms with van der Waals surface area (Å²) in [5.41, 5.74) is 6.53. The number of nitrogens with zero attached hydrogens (tertiary/aromatic N) is 4. The normalized spacial score (nSPS) is 15.9. The van der Waals surface area contributed by atoms with Gasteiger partial charge in [0.2, 0.25) is 0 Å². The number of aliphatic imine (C=N–C) groups is 1. The maximum Gasteiger partial charge on any atom is 0.258 e. The average Bonchev–Trinajstić information content (AvgIpc) is 2.99. The molecule has 42 heavy (non-hydrogen) atoms. The maximum atomic E-state index is 12.5. The number of piperidine rings is 1. The van der Waals surface area contributed by atoms with Crippen LogP contribution in [-0.4, -0.2) is 47.2 Å². The third kappa shape index (κ3) is 13.5. The van der Waals surface area contributed by atoms with E-state index in [9.17, 15) is 4.79 Å². The number of allylic oxidation sites excluding steroid dienone is 5. The number of pyridine rings is 1. The fourth-order valence-electron chi connectivity index (χ4n) is 4.42. The molecule has 2 aromatic rings. The summed E-state index contributed by atoms with van der Waals surface area (Å²) in [5.74, 6) is 1.76. The topological polar surface area (TPSA) is 50.0 Å². The molecule has 0 aliphatic carbocycles. The van der Waals surface area contributed by atoms with Crippen LogP contribution in [0.15, 0.2) is 69.6 Å². The van der Waals surface area contributed by atoms with Gasteiger partial charge in [-0.05, 0) is 115 Å². The summed E-state index contributed by atoms with van der Waals surface area (Å²) >= 11 is 0. The zero-order chi connectivity index (χ0) is 31.7. The van der Waals surface area contributed by atoms with E-state index >= 15 is 0 Å². The van der Waals surface area contributed by atoms with Gasteiger partial charge in [-0.15, -0.1) is 0 Å². The minimum Gasteiger partial charge on any atom is -0.306 e. The first-order valence-electron chi connectivity index (χ1n) is 16.2. The van der Waals surface area contributed by atoms with Gasteiger partial charge in [-0.3, -0.25) is 14.2 Å². The molecule has 1 atom stereocenters. The maximum absolute atomic E-state index is 12.5. The highest BCUT2D eigenvalue weighted by Gasteiger charge is 2.11. The van der Waals surface area contributed by atoms with Gasteiger partial charge >= 0.3 is 0 Å². The van der Waals surface area contributed by atoms with E-state index in [-0.39, 0.29) is 5.56 Å². The smallest absolute Gasteiger partial charge is 0.258 e. The summed E-state index contributed by atoms with van der Waals surface area (Å²) in [4.78, 5) is 23.8. The summed E-state index contributed by atoms with van der Waals surface area (Å²) < 4.78 is 1.61. The van der Waals surface area contributed by atoms with Crippen molar-refractivity contribution in [2.24, 2.45) is 16.8 Å². The van der Waals surface area contributed by atoms with E-state index in [1.165, 1.54) is 45.2 Å². The molecule has 0 saturated carbocycles. The molecule has 1 fully saturated rings. The van der Waals surface area contributed by atoms with Crippen molar-refractivity contribution in [2.45, 2.75) is 107 Å². The lowest BCUT2D eigenvalue weighted by Gasteiger charge is -2.26. The third-order valence-corrected chi connectivity index (χ3v) is 8.22. The highest BCUT2D eigenvalue weighted by molar-refractivity contribution is 6.08. The molecular formula is C37H60N4O. The molecule has 0 bridgehead atoms. The summed E-state index contributed by atoms with van der Waals surface area (Å²) in [6, 6.07) is 5.48. The highest BCUT2D eigenvalue weighted by Crippen LogP contribution is 2.15. The lowest BCUT2D eigenvalue weighted by atomic mass is 9.99. The second-order valence-electron chi connectivity index (χ2n) is 12.1. The van der Waals surface area contributed by atoms with Crippen LogP contribution in [-0.2, 0) is 6.42 Å². The van der Waals surface area contributed by atoms with E-state index in [4.69, 9.17) is 0 Å². The lowest BCUT2D eigenvalue weighted by Crippen LogP contribution is -2.28. The quantitative estimate of drug-likeness (QED) is 0.161. The average molecular weight is 577 g/mol. The van der Waals surface area contributed by atoms with Crippen molar-refractivity contribution in [2.75, 3.05) is 27.2 Å². The van der Waals surface area contributed by atoms with Gasteiger partial charge in [-0.25, -0.2) is 4.98 Å². The number of rotatable bonds is 10. The van der Waals surface area contributed by atoms with Crippen LogP contribution >= 0.6 is 0 Å². The van der Waals surface area contributed by atoms with Crippen LogP contribution in [0.5, 0.6) is 0 Å². The van der Waals surface area contributed by atoms with Crippen LogP contribution < -0.4 is 5.56 Å². The SMILES string of the molecule is C=C(C)/C(C)=C/C(=NC)c1cc(=O)n2cc(CCCC)ccc2n1.CC1CCN(C)CC1.CCC/C=C(/C)C(C)CC. The summed E-state index contributed by atoms with van der Waals surface area (Å²) in [6.07, 6.45) is 16.0. The van der Waals surface area contributed by atoms with Crippen LogP contribution in [0, 0.1) is 11.8 Å². The van der Waals surface area contributed by atoms with Crippen molar-refractivity contribution in [1.29, 1.82) is 0 Å². The number of aromatic nitrogens is 2. The summed E-state index contributed by atoms with van der Waals surface area (Å²) in [6.45, 7) is 24.0. The zero-order valence-electron chi connectivity index (χ0n) is 28.6. The van der Waals surface area contributed by atoms with E-state index in [1.54, 1.807) is 23.1 Å². The molecule has 2 aromatic heterocycles. The molecule has 1 unspecified atom stereocenters. The van der Waals surface area contributed by atoms with Gasteiger partial charge in [0.1, 0.15) is 5.65 Å². The van der Waals surface area contributed by atoms with Crippen molar-refractivity contribution in [3.05, 3.63) is 81.5 Å². The Labute approximate surface area is 257 Å². The largest absolute Gasteiger partial charge is 0.306 e. The molecule has 1 aliphatic rings. The van der Waals surface area contributed by atoms with Gasteiger partial charge in [0, 0.05) is 19.3 Å². The molecule has 1 aliphatic heterocycles. The Kier molecular flexibility index (Phi) is 17.9. The fraction of sp³-hybridized carbons (Fsp3) is 0.595. The van der Waals surface area contributed by atoms with Crippen molar-refractivity contribution in [3.8, 4) is 0 Å². The third-order valence-electron chi connectivity index (χ3n) is 8.22. The first kappa shape index (κ1) is 37.2. The molecule has 5 heteroatoms. The van der Waals surface area contributed by atoms with Crippen molar-refractivity contribution < 1.29 is 0 Å². The summed E-state index contributed by atoms with van der Waals surface area (Å²) in [5, 5.41) is 0. The Morgan fingerprint density at radius 2 is 1.81 bits per heavy atom. The summed E-state index contributed by atoms with van der Waals surface area (Å²) in [7, 11) is 3.90. The zero-order valence-corrected chi connectivity index (χ0v) is 28.6. The van der Waals surface area contributed by atoms with E-state index < -0.39 is 0 Å². The van der Waals surface area contributed by atoms with Gasteiger partial charge in [0.05, 0.1) is 11.4 Å². The molecule has 3 rings (SSSR count). The van der Waals surface area contributed by atoms with Gasteiger partial charge in [0.25, 0.3) is 5.56 Å². The molecule has 234 valence electrons. The van der Waals surface area contributed by atoms with Gasteiger partial charge < -0.3 is 4.90 Å². The monoisotopic (exact) mass is 576 g/mol. The Morgan fingerprint density at radius 1 is 1.14 bits per heavy atom. The Morgan fingerprint density at radius 3 is 2.33 bits per heavy atom. The molecule has 0 radical (unpaired) electrons. The molecule has 0 amide bonds. The predicted molar refractivity (Wildman–Crippen MR) is 185 cm³/mol. The molecule has 0 N–H and O–H groups in total. The Bertz CT molecular complexity index is 1230. The second kappa shape index (κ2) is 20.2. The predicted octanol–water partition coefficient (Wildman–Crippen LogP) is 9.11. The first-order valence-corrected chi connectivity index (χ1v) is 16.2. The first-order chi connectivity index (χ1) is 20.0. The van der Waals surface area contributed by atoms with Gasteiger partial charge in [-0.1, -0.05) is 77.3 Å². The Hall–Kier alpha value is -2.79. The number of hydrogen-bond acceptors (Lipinski definition) is 4. The van der Waals surface area contributed by atoms with Crippen LogP contribution in [0.2, 0.25) is 0 Å². The second-order valence-corrected chi connectivity index (χ2v) is 12.1. The lowest BCUT2D eigenvalue weighted by molar-refractivity contribution is 0.230. The van der Waals surface area contributed by atoms with Gasteiger partial charge in [-0.2, -0.15) is 0 Å².